The summed E-state index contributed by atoms with van der Waals surface area (Å²) in [6, 6.07) is 5.67. The molecule has 0 aromatic heterocycles. The highest BCUT2D eigenvalue weighted by Gasteiger charge is 2.39. The molecule has 2 atom stereocenters. The van der Waals surface area contributed by atoms with Crippen LogP contribution in [0.4, 0.5) is 13.2 Å². The highest BCUT2D eigenvalue weighted by molar-refractivity contribution is 6.26. The molecule has 1 aromatic rings. The lowest BCUT2D eigenvalue weighted by molar-refractivity contribution is -0.137. The van der Waals surface area contributed by atoms with Gasteiger partial charge < -0.3 is 14.2 Å². The van der Waals surface area contributed by atoms with Crippen LogP contribution in [0.15, 0.2) is 24.3 Å². The first-order valence-electron chi connectivity index (χ1n) is 10.2. The number of alkyl halides is 3. The van der Waals surface area contributed by atoms with Crippen LogP contribution in [0.25, 0.3) is 0 Å². The van der Waals surface area contributed by atoms with Crippen LogP contribution in [0.1, 0.15) is 50.7 Å². The molecule has 1 aliphatic rings. The molecular formula is C21H30F3NO3Si2. The molecule has 1 aromatic carbocycles. The van der Waals surface area contributed by atoms with Crippen molar-refractivity contribution in [2.75, 3.05) is 0 Å². The predicted molar refractivity (Wildman–Crippen MR) is 112 cm³/mol. The van der Waals surface area contributed by atoms with E-state index in [4.69, 9.17) is 8.85 Å². The van der Waals surface area contributed by atoms with Gasteiger partial charge >= 0.3 is 6.18 Å². The van der Waals surface area contributed by atoms with Crippen molar-refractivity contribution in [1.29, 1.82) is 0 Å². The highest BCUT2D eigenvalue weighted by Crippen LogP contribution is 2.40. The van der Waals surface area contributed by atoms with Crippen LogP contribution in [0.2, 0.25) is 13.1 Å². The molecule has 4 nitrogen and oxygen atoms in total. The molecule has 1 N–H and O–H groups in total. The van der Waals surface area contributed by atoms with Crippen molar-refractivity contribution in [2.24, 2.45) is 11.3 Å². The van der Waals surface area contributed by atoms with Gasteiger partial charge in [-0.25, -0.2) is 0 Å². The summed E-state index contributed by atoms with van der Waals surface area (Å²) in [7, 11) is 0.501. The number of hydrogen-bond donors (Lipinski definition) is 1. The highest BCUT2D eigenvalue weighted by atomic mass is 28.2. The lowest BCUT2D eigenvalue weighted by atomic mass is 9.72. The second-order valence-corrected chi connectivity index (χ2v) is 9.56. The van der Waals surface area contributed by atoms with Gasteiger partial charge in [-0.15, -0.1) is 0 Å². The van der Waals surface area contributed by atoms with Gasteiger partial charge in [0.2, 0.25) is 25.4 Å². The van der Waals surface area contributed by atoms with Crippen molar-refractivity contribution in [2.45, 2.75) is 77.6 Å². The van der Waals surface area contributed by atoms with Crippen LogP contribution >= 0.6 is 0 Å². The number of benzene rings is 1. The van der Waals surface area contributed by atoms with Gasteiger partial charge in [0.25, 0.3) is 0 Å². The SMILES string of the molecule is C[Si]OC(O[Si]C)C(C)(C)C(CCC1CCC(=O)N1)Cc1cccc(C(F)(F)F)c1. The Labute approximate surface area is 182 Å². The molecule has 0 bridgehead atoms. The van der Waals surface area contributed by atoms with Crippen molar-refractivity contribution in [3.05, 3.63) is 35.4 Å². The molecule has 1 fully saturated rings. The fourth-order valence-electron chi connectivity index (χ4n) is 3.93. The van der Waals surface area contributed by atoms with E-state index in [0.29, 0.717) is 18.4 Å². The number of amides is 1. The quantitative estimate of drug-likeness (QED) is 0.389. The molecule has 2 rings (SSSR count). The summed E-state index contributed by atoms with van der Waals surface area (Å²) in [6.07, 6.45) is -1.42. The van der Waals surface area contributed by atoms with E-state index in [-0.39, 0.29) is 37.4 Å². The number of rotatable bonds is 11. The van der Waals surface area contributed by atoms with Crippen LogP contribution in [-0.4, -0.2) is 37.8 Å². The Hall–Kier alpha value is -1.17. The minimum atomic E-state index is -4.36. The molecule has 1 aliphatic heterocycles. The molecule has 4 radical (unpaired) electrons. The molecule has 9 heteroatoms. The largest absolute Gasteiger partial charge is 0.416 e. The third-order valence-corrected chi connectivity index (χ3v) is 6.69. The molecule has 1 amide bonds. The van der Waals surface area contributed by atoms with Crippen molar-refractivity contribution in [3.8, 4) is 0 Å². The maximum Gasteiger partial charge on any atom is 0.416 e. The summed E-state index contributed by atoms with van der Waals surface area (Å²) in [4.78, 5) is 11.5. The van der Waals surface area contributed by atoms with Gasteiger partial charge in [-0.3, -0.25) is 4.79 Å². The Morgan fingerprint density at radius 1 is 1.20 bits per heavy atom. The van der Waals surface area contributed by atoms with Gasteiger partial charge in [-0.2, -0.15) is 13.2 Å². The standard InChI is InChI=1S/C21H30F3NO3Si2/c1-20(2,19(27-29-3)28-30-4)15(8-9-17-10-11-18(26)25-17)12-14-6-5-7-16(13-14)21(22,23)24/h5-7,13,15,17,19H,8-12H2,1-4H3,(H,25,26). The van der Waals surface area contributed by atoms with Gasteiger partial charge in [0.05, 0.1) is 5.56 Å². The van der Waals surface area contributed by atoms with Crippen molar-refractivity contribution in [3.63, 3.8) is 0 Å². The second-order valence-electron chi connectivity index (χ2n) is 8.28. The molecular weight excluding hydrogens is 427 g/mol. The number of hydrogen-bond acceptors (Lipinski definition) is 3. The zero-order valence-electron chi connectivity index (χ0n) is 17.9. The Morgan fingerprint density at radius 2 is 1.87 bits per heavy atom. The van der Waals surface area contributed by atoms with Crippen molar-refractivity contribution < 1.29 is 26.8 Å². The van der Waals surface area contributed by atoms with Crippen molar-refractivity contribution in [1.82, 2.24) is 5.32 Å². The summed E-state index contributed by atoms with van der Waals surface area (Å²) in [5.41, 5.74) is -0.396. The normalized spacial score (nSPS) is 18.7. The van der Waals surface area contributed by atoms with E-state index >= 15 is 0 Å². The topological polar surface area (TPSA) is 47.6 Å². The average Bonchev–Trinajstić information content (AvgIpc) is 3.09. The Bertz CT molecular complexity index is 694. The van der Waals surface area contributed by atoms with E-state index < -0.39 is 23.4 Å². The monoisotopic (exact) mass is 457 g/mol. The van der Waals surface area contributed by atoms with Crippen LogP contribution < -0.4 is 5.32 Å². The Balaban J connectivity index is 2.24. The maximum atomic E-state index is 13.2. The molecule has 30 heavy (non-hydrogen) atoms. The first-order chi connectivity index (χ1) is 14.1. The number of carbonyl (C=O) groups excluding carboxylic acids is 1. The third-order valence-electron chi connectivity index (χ3n) is 5.79. The number of nitrogens with one attached hydrogen (secondary N) is 1. The minimum absolute atomic E-state index is 0.0242. The van der Waals surface area contributed by atoms with Crippen LogP contribution in [0.5, 0.6) is 0 Å². The summed E-state index contributed by atoms with van der Waals surface area (Å²) >= 11 is 0. The molecule has 0 spiro atoms. The van der Waals surface area contributed by atoms with Gasteiger partial charge in [0.1, 0.15) is 6.29 Å². The van der Waals surface area contributed by atoms with Gasteiger partial charge in [0.15, 0.2) is 0 Å². The molecule has 166 valence electrons. The maximum absolute atomic E-state index is 13.2. The number of halogens is 3. The van der Waals surface area contributed by atoms with Crippen molar-refractivity contribution >= 4 is 25.4 Å². The minimum Gasteiger partial charge on any atom is -0.394 e. The summed E-state index contributed by atoms with van der Waals surface area (Å²) in [6.45, 7) is 7.98. The van der Waals surface area contributed by atoms with E-state index in [0.717, 1.165) is 25.3 Å². The predicted octanol–water partition coefficient (Wildman–Crippen LogP) is 4.64. The van der Waals surface area contributed by atoms with Gasteiger partial charge in [-0.1, -0.05) is 32.0 Å². The van der Waals surface area contributed by atoms with E-state index in [9.17, 15) is 18.0 Å². The van der Waals surface area contributed by atoms with E-state index in [1.165, 1.54) is 12.1 Å². The van der Waals surface area contributed by atoms with Gasteiger partial charge in [-0.05, 0) is 56.3 Å². The molecule has 1 saturated heterocycles. The summed E-state index contributed by atoms with van der Waals surface area (Å²) < 4.78 is 51.3. The summed E-state index contributed by atoms with van der Waals surface area (Å²) in [5.74, 6) is 0.0915. The Morgan fingerprint density at radius 3 is 2.40 bits per heavy atom. The van der Waals surface area contributed by atoms with E-state index in [2.05, 4.69) is 19.2 Å². The Kier molecular flexibility index (Phi) is 9.14. The zero-order chi connectivity index (χ0) is 22.4. The average molecular weight is 458 g/mol. The fraction of sp³-hybridized carbons (Fsp3) is 0.667. The van der Waals surface area contributed by atoms with E-state index in [1.807, 2.05) is 13.1 Å². The lowest BCUT2D eigenvalue weighted by Gasteiger charge is -2.41. The second kappa shape index (κ2) is 10.9. The number of carbonyl (C=O) groups is 1. The molecule has 0 aliphatic carbocycles. The molecule has 1 heterocycles. The third kappa shape index (κ3) is 6.93. The molecule has 2 unspecified atom stereocenters. The van der Waals surface area contributed by atoms with Crippen LogP contribution in [0.3, 0.4) is 0 Å². The fourth-order valence-corrected chi connectivity index (χ4v) is 5.15. The van der Waals surface area contributed by atoms with Gasteiger partial charge in [0, 0.05) is 17.9 Å². The smallest absolute Gasteiger partial charge is 0.394 e. The molecule has 0 saturated carbocycles. The lowest BCUT2D eigenvalue weighted by Crippen LogP contribution is -2.43. The summed E-state index contributed by atoms with van der Waals surface area (Å²) in [5, 5.41) is 2.99. The van der Waals surface area contributed by atoms with Crippen LogP contribution in [0, 0.1) is 11.3 Å². The van der Waals surface area contributed by atoms with Crippen LogP contribution in [-0.2, 0) is 26.2 Å². The first-order valence-corrected chi connectivity index (χ1v) is 13.0. The van der Waals surface area contributed by atoms with E-state index in [1.54, 1.807) is 6.07 Å². The zero-order valence-corrected chi connectivity index (χ0v) is 19.9. The first kappa shape index (κ1) is 25.1.